The van der Waals surface area contributed by atoms with E-state index in [1.54, 1.807) is 13.1 Å². The summed E-state index contributed by atoms with van der Waals surface area (Å²) in [7, 11) is 0. The van der Waals surface area contributed by atoms with Crippen LogP contribution in [0.2, 0.25) is 0 Å². The second-order valence-electron chi connectivity index (χ2n) is 7.46. The molecule has 1 unspecified atom stereocenters. The first kappa shape index (κ1) is 16.3. The Balaban J connectivity index is 1.31. The van der Waals surface area contributed by atoms with E-state index in [1.807, 2.05) is 0 Å². The van der Waals surface area contributed by atoms with Crippen LogP contribution in [-0.4, -0.2) is 34.9 Å². The molecule has 0 bridgehead atoms. The molecule has 0 spiro atoms. The fourth-order valence-electron chi connectivity index (χ4n) is 4.34. The Labute approximate surface area is 148 Å². The van der Waals surface area contributed by atoms with Gasteiger partial charge in [-0.25, -0.2) is 4.98 Å². The van der Waals surface area contributed by atoms with Crippen molar-refractivity contribution in [2.45, 2.75) is 38.8 Å². The van der Waals surface area contributed by atoms with Gasteiger partial charge in [-0.1, -0.05) is 30.3 Å². The summed E-state index contributed by atoms with van der Waals surface area (Å²) in [5, 5.41) is 3.11. The highest BCUT2D eigenvalue weighted by atomic mass is 16.4. The highest BCUT2D eigenvalue weighted by Crippen LogP contribution is 2.36. The lowest BCUT2D eigenvalue weighted by Crippen LogP contribution is -2.40. The molecule has 1 amide bonds. The largest absolute Gasteiger partial charge is 0.438 e. The first-order valence-corrected chi connectivity index (χ1v) is 9.17. The molecule has 2 fully saturated rings. The molecule has 1 N–H and O–H groups in total. The Morgan fingerprint density at radius 1 is 1.24 bits per heavy atom. The van der Waals surface area contributed by atoms with Crippen LogP contribution in [0.1, 0.15) is 41.3 Å². The topological polar surface area (TPSA) is 58.4 Å². The Morgan fingerprint density at radius 2 is 2.04 bits per heavy atom. The molecule has 25 heavy (non-hydrogen) atoms. The van der Waals surface area contributed by atoms with Gasteiger partial charge in [0.15, 0.2) is 0 Å². The van der Waals surface area contributed by atoms with Gasteiger partial charge in [0.1, 0.15) is 5.76 Å². The minimum absolute atomic E-state index is 0.178. The number of oxazole rings is 1. The van der Waals surface area contributed by atoms with Crippen molar-refractivity contribution in [1.29, 1.82) is 0 Å². The number of likely N-dealkylation sites (tertiary alicyclic amines) is 1. The van der Waals surface area contributed by atoms with Crippen LogP contribution in [0.25, 0.3) is 0 Å². The van der Waals surface area contributed by atoms with E-state index in [4.69, 9.17) is 4.42 Å². The molecule has 1 aliphatic heterocycles. The van der Waals surface area contributed by atoms with Crippen molar-refractivity contribution in [3.05, 3.63) is 53.7 Å². The molecule has 4 rings (SSSR count). The number of benzene rings is 1. The van der Waals surface area contributed by atoms with E-state index < -0.39 is 0 Å². The average molecular weight is 339 g/mol. The van der Waals surface area contributed by atoms with Gasteiger partial charge < -0.3 is 9.73 Å². The van der Waals surface area contributed by atoms with Crippen LogP contribution in [0.15, 0.2) is 40.9 Å². The molecule has 3 atom stereocenters. The first-order valence-electron chi connectivity index (χ1n) is 9.17. The molecule has 1 aromatic carbocycles. The third-order valence-electron chi connectivity index (χ3n) is 5.53. The lowest BCUT2D eigenvalue weighted by atomic mass is 9.79. The van der Waals surface area contributed by atoms with Gasteiger partial charge >= 0.3 is 5.91 Å². The van der Waals surface area contributed by atoms with E-state index in [0.717, 1.165) is 31.8 Å². The molecular weight excluding hydrogens is 314 g/mol. The maximum absolute atomic E-state index is 12.2. The maximum atomic E-state index is 12.2. The summed E-state index contributed by atoms with van der Waals surface area (Å²) in [5.74, 6) is 2.10. The zero-order chi connectivity index (χ0) is 17.2. The summed E-state index contributed by atoms with van der Waals surface area (Å²) in [5.41, 5.74) is 1.38. The first-order chi connectivity index (χ1) is 12.2. The monoisotopic (exact) mass is 339 g/mol. The highest BCUT2D eigenvalue weighted by molar-refractivity contribution is 5.89. The van der Waals surface area contributed by atoms with Crippen molar-refractivity contribution >= 4 is 5.91 Å². The molecule has 1 saturated carbocycles. The van der Waals surface area contributed by atoms with Crippen LogP contribution in [0.3, 0.4) is 0 Å². The Kier molecular flexibility index (Phi) is 4.57. The minimum Gasteiger partial charge on any atom is -0.438 e. The zero-order valence-electron chi connectivity index (χ0n) is 14.6. The van der Waals surface area contributed by atoms with Crippen LogP contribution < -0.4 is 5.32 Å². The fraction of sp³-hybridized carbons (Fsp3) is 0.500. The number of carbonyl (C=O) groups excluding carboxylic acids is 1. The SMILES string of the molecule is Cc1cnc(C(=O)NC2CC[C@@H]3CN(Cc4ccccc4)C[C@@H]3C2)o1. The number of aryl methyl sites for hydroxylation is 1. The van der Waals surface area contributed by atoms with E-state index in [2.05, 4.69) is 45.5 Å². The van der Waals surface area contributed by atoms with Gasteiger partial charge in [0.05, 0.1) is 6.20 Å². The number of rotatable bonds is 4. The second-order valence-corrected chi connectivity index (χ2v) is 7.46. The van der Waals surface area contributed by atoms with E-state index in [9.17, 15) is 4.79 Å². The molecule has 2 aliphatic rings. The van der Waals surface area contributed by atoms with E-state index in [0.29, 0.717) is 11.7 Å². The van der Waals surface area contributed by atoms with Gasteiger partial charge in [-0.2, -0.15) is 0 Å². The van der Waals surface area contributed by atoms with Crippen molar-refractivity contribution in [3.63, 3.8) is 0 Å². The number of nitrogens with zero attached hydrogens (tertiary/aromatic N) is 2. The van der Waals surface area contributed by atoms with Crippen molar-refractivity contribution in [2.24, 2.45) is 11.8 Å². The highest BCUT2D eigenvalue weighted by Gasteiger charge is 2.38. The molecule has 132 valence electrons. The molecule has 1 aromatic heterocycles. The predicted octanol–water partition coefficient (Wildman–Crippen LogP) is 3.01. The van der Waals surface area contributed by atoms with Crippen molar-refractivity contribution < 1.29 is 9.21 Å². The molecular formula is C20H25N3O2. The normalized spacial score (nSPS) is 26.4. The van der Waals surface area contributed by atoms with Gasteiger partial charge in [-0.05, 0) is 43.6 Å². The van der Waals surface area contributed by atoms with Gasteiger partial charge in [0.2, 0.25) is 0 Å². The number of fused-ring (bicyclic) bond motifs is 1. The van der Waals surface area contributed by atoms with Crippen molar-refractivity contribution in [1.82, 2.24) is 15.2 Å². The van der Waals surface area contributed by atoms with Gasteiger partial charge in [0, 0.05) is 25.7 Å². The number of hydrogen-bond acceptors (Lipinski definition) is 4. The average Bonchev–Trinajstić information content (AvgIpc) is 3.21. The molecule has 5 nitrogen and oxygen atoms in total. The van der Waals surface area contributed by atoms with Gasteiger partial charge in [-0.3, -0.25) is 9.69 Å². The number of carbonyl (C=O) groups is 1. The zero-order valence-corrected chi connectivity index (χ0v) is 14.6. The molecule has 1 aliphatic carbocycles. The van der Waals surface area contributed by atoms with Gasteiger partial charge in [-0.15, -0.1) is 0 Å². The van der Waals surface area contributed by atoms with E-state index >= 15 is 0 Å². The number of aromatic nitrogens is 1. The van der Waals surface area contributed by atoms with Crippen LogP contribution in [0.5, 0.6) is 0 Å². The summed E-state index contributed by atoms with van der Waals surface area (Å²) >= 11 is 0. The lowest BCUT2D eigenvalue weighted by molar-refractivity contribution is 0.0877. The molecule has 2 aromatic rings. The summed E-state index contributed by atoms with van der Waals surface area (Å²) in [6.07, 6.45) is 4.88. The second kappa shape index (κ2) is 7.00. The summed E-state index contributed by atoms with van der Waals surface area (Å²) in [6, 6.07) is 10.9. The smallest absolute Gasteiger partial charge is 0.307 e. The van der Waals surface area contributed by atoms with Crippen LogP contribution in [0.4, 0.5) is 0 Å². The Hall–Kier alpha value is -2.14. The number of nitrogens with one attached hydrogen (secondary N) is 1. The van der Waals surface area contributed by atoms with Crippen LogP contribution in [-0.2, 0) is 6.54 Å². The maximum Gasteiger partial charge on any atom is 0.307 e. The minimum atomic E-state index is -0.185. The third-order valence-corrected chi connectivity index (χ3v) is 5.53. The third kappa shape index (κ3) is 3.76. The van der Waals surface area contributed by atoms with Gasteiger partial charge in [0.25, 0.3) is 5.89 Å². The summed E-state index contributed by atoms with van der Waals surface area (Å²) in [4.78, 5) is 18.8. The Bertz CT molecular complexity index is 728. The Morgan fingerprint density at radius 3 is 2.80 bits per heavy atom. The summed E-state index contributed by atoms with van der Waals surface area (Å²) in [6.45, 7) is 5.14. The lowest BCUT2D eigenvalue weighted by Gasteiger charge is -2.31. The van der Waals surface area contributed by atoms with Crippen LogP contribution in [0, 0.1) is 18.8 Å². The van der Waals surface area contributed by atoms with E-state index in [-0.39, 0.29) is 17.8 Å². The number of amides is 1. The van der Waals surface area contributed by atoms with Crippen molar-refractivity contribution in [2.75, 3.05) is 13.1 Å². The van der Waals surface area contributed by atoms with Crippen molar-refractivity contribution in [3.8, 4) is 0 Å². The standard InChI is InChI=1S/C20H25N3O2/c1-14-10-21-20(25-14)19(24)22-18-8-7-16-12-23(13-17(16)9-18)11-15-5-3-2-4-6-15/h2-6,10,16-18H,7-9,11-13H2,1H3,(H,22,24)/t16-,17+,18?/m1/s1. The quantitative estimate of drug-likeness (QED) is 0.930. The predicted molar refractivity (Wildman–Crippen MR) is 95.0 cm³/mol. The molecule has 1 saturated heterocycles. The van der Waals surface area contributed by atoms with Crippen LogP contribution >= 0.6 is 0 Å². The molecule has 2 heterocycles. The fourth-order valence-corrected chi connectivity index (χ4v) is 4.34. The van der Waals surface area contributed by atoms with E-state index in [1.165, 1.54) is 18.5 Å². The molecule has 0 radical (unpaired) electrons. The number of hydrogen-bond donors (Lipinski definition) is 1. The molecule has 5 heteroatoms. The summed E-state index contributed by atoms with van der Waals surface area (Å²) < 4.78 is 5.33.